The Morgan fingerprint density at radius 2 is 2.11 bits per heavy atom. The van der Waals surface area contributed by atoms with Crippen molar-refractivity contribution in [2.75, 3.05) is 5.32 Å². The SMILES string of the molecule is NC(=O)Cc1csc(NC(=O)C2CCCCC2)n1. The number of hydrogen-bond acceptors (Lipinski definition) is 4. The van der Waals surface area contributed by atoms with Gasteiger partial charge >= 0.3 is 0 Å². The average molecular weight is 267 g/mol. The van der Waals surface area contributed by atoms with Gasteiger partial charge < -0.3 is 11.1 Å². The van der Waals surface area contributed by atoms with Crippen LogP contribution in [0.15, 0.2) is 5.38 Å². The predicted octanol–water partition coefficient (Wildman–Crippen LogP) is 1.69. The zero-order valence-electron chi connectivity index (χ0n) is 10.1. The molecule has 2 amide bonds. The van der Waals surface area contributed by atoms with Gasteiger partial charge in [-0.1, -0.05) is 19.3 Å². The van der Waals surface area contributed by atoms with Crippen LogP contribution < -0.4 is 11.1 Å². The fourth-order valence-electron chi connectivity index (χ4n) is 2.20. The van der Waals surface area contributed by atoms with Crippen molar-refractivity contribution in [1.29, 1.82) is 0 Å². The topological polar surface area (TPSA) is 85.1 Å². The second kappa shape index (κ2) is 5.95. The van der Waals surface area contributed by atoms with Gasteiger partial charge in [-0.2, -0.15) is 0 Å². The van der Waals surface area contributed by atoms with E-state index in [4.69, 9.17) is 5.73 Å². The van der Waals surface area contributed by atoms with Gasteiger partial charge in [-0.25, -0.2) is 4.98 Å². The number of carbonyl (C=O) groups is 2. The zero-order chi connectivity index (χ0) is 13.0. The van der Waals surface area contributed by atoms with Crippen LogP contribution in [0.1, 0.15) is 37.8 Å². The van der Waals surface area contributed by atoms with E-state index in [0.29, 0.717) is 10.8 Å². The van der Waals surface area contributed by atoms with Crippen molar-refractivity contribution in [3.63, 3.8) is 0 Å². The van der Waals surface area contributed by atoms with Crippen LogP contribution in [-0.4, -0.2) is 16.8 Å². The fourth-order valence-corrected chi connectivity index (χ4v) is 2.91. The summed E-state index contributed by atoms with van der Waals surface area (Å²) >= 11 is 1.33. The number of carbonyl (C=O) groups excluding carboxylic acids is 2. The van der Waals surface area contributed by atoms with Crippen molar-refractivity contribution in [2.24, 2.45) is 11.7 Å². The maximum absolute atomic E-state index is 12.0. The van der Waals surface area contributed by atoms with E-state index in [-0.39, 0.29) is 18.2 Å². The van der Waals surface area contributed by atoms with Crippen LogP contribution in [0.3, 0.4) is 0 Å². The molecule has 18 heavy (non-hydrogen) atoms. The van der Waals surface area contributed by atoms with Gasteiger partial charge in [0.05, 0.1) is 12.1 Å². The quantitative estimate of drug-likeness (QED) is 0.870. The van der Waals surface area contributed by atoms with Crippen molar-refractivity contribution in [3.05, 3.63) is 11.1 Å². The maximum Gasteiger partial charge on any atom is 0.229 e. The van der Waals surface area contributed by atoms with Gasteiger partial charge in [0, 0.05) is 11.3 Å². The number of nitrogens with one attached hydrogen (secondary N) is 1. The van der Waals surface area contributed by atoms with E-state index in [1.807, 2.05) is 0 Å². The van der Waals surface area contributed by atoms with E-state index >= 15 is 0 Å². The molecule has 0 spiro atoms. The van der Waals surface area contributed by atoms with Crippen molar-refractivity contribution in [3.8, 4) is 0 Å². The molecule has 6 heteroatoms. The van der Waals surface area contributed by atoms with Gasteiger partial charge in [0.2, 0.25) is 11.8 Å². The summed E-state index contributed by atoms with van der Waals surface area (Å²) in [6, 6.07) is 0. The summed E-state index contributed by atoms with van der Waals surface area (Å²) < 4.78 is 0. The van der Waals surface area contributed by atoms with Gasteiger partial charge in [0.15, 0.2) is 5.13 Å². The van der Waals surface area contributed by atoms with Crippen LogP contribution in [0.25, 0.3) is 0 Å². The number of nitrogens with zero attached hydrogens (tertiary/aromatic N) is 1. The van der Waals surface area contributed by atoms with E-state index in [1.54, 1.807) is 5.38 Å². The number of amides is 2. The molecule has 2 rings (SSSR count). The summed E-state index contributed by atoms with van der Waals surface area (Å²) in [5, 5.41) is 5.13. The number of anilines is 1. The third kappa shape index (κ3) is 3.53. The lowest BCUT2D eigenvalue weighted by Gasteiger charge is -2.19. The molecular weight excluding hydrogens is 250 g/mol. The van der Waals surface area contributed by atoms with Crippen LogP contribution in [0, 0.1) is 5.92 Å². The normalized spacial score (nSPS) is 16.4. The van der Waals surface area contributed by atoms with Gasteiger partial charge in [0.1, 0.15) is 0 Å². The first kappa shape index (κ1) is 13.0. The number of thiazole rings is 1. The number of hydrogen-bond donors (Lipinski definition) is 2. The molecule has 1 heterocycles. The highest BCUT2D eigenvalue weighted by Crippen LogP contribution is 2.25. The minimum atomic E-state index is -0.412. The lowest BCUT2D eigenvalue weighted by Crippen LogP contribution is -2.24. The van der Waals surface area contributed by atoms with Crippen molar-refractivity contribution in [1.82, 2.24) is 4.98 Å². The number of primary amides is 1. The third-order valence-electron chi connectivity index (χ3n) is 3.11. The molecule has 1 fully saturated rings. The van der Waals surface area contributed by atoms with E-state index in [2.05, 4.69) is 10.3 Å². The van der Waals surface area contributed by atoms with Crippen molar-refractivity contribution >= 4 is 28.3 Å². The van der Waals surface area contributed by atoms with Gasteiger partial charge in [-0.15, -0.1) is 11.3 Å². The molecule has 1 saturated carbocycles. The fraction of sp³-hybridized carbons (Fsp3) is 0.583. The van der Waals surface area contributed by atoms with Crippen LogP contribution >= 0.6 is 11.3 Å². The molecule has 1 aromatic heterocycles. The Morgan fingerprint density at radius 1 is 1.39 bits per heavy atom. The highest BCUT2D eigenvalue weighted by molar-refractivity contribution is 7.13. The second-order valence-corrected chi connectivity index (χ2v) is 5.47. The Labute approximate surface area is 110 Å². The molecular formula is C12H17N3O2S. The molecule has 0 aliphatic heterocycles. The van der Waals surface area contributed by atoms with E-state index in [1.165, 1.54) is 17.8 Å². The molecule has 0 bridgehead atoms. The summed E-state index contributed by atoms with van der Waals surface area (Å²) in [7, 11) is 0. The maximum atomic E-state index is 12.0. The molecule has 0 saturated heterocycles. The average Bonchev–Trinajstić information content (AvgIpc) is 2.76. The standard InChI is InChI=1S/C12H17N3O2S/c13-10(16)6-9-7-18-12(14-9)15-11(17)8-4-2-1-3-5-8/h7-8H,1-6H2,(H2,13,16)(H,14,15,17). The summed E-state index contributed by atoms with van der Waals surface area (Å²) in [5.41, 5.74) is 5.71. The van der Waals surface area contributed by atoms with Crippen LogP contribution in [0.5, 0.6) is 0 Å². The first-order valence-corrected chi connectivity index (χ1v) is 7.06. The Bertz CT molecular complexity index is 438. The Hall–Kier alpha value is -1.43. The van der Waals surface area contributed by atoms with Crippen LogP contribution in [0.4, 0.5) is 5.13 Å². The summed E-state index contributed by atoms with van der Waals surface area (Å²) in [6.07, 6.45) is 5.53. The number of aromatic nitrogens is 1. The molecule has 1 aliphatic rings. The van der Waals surface area contributed by atoms with E-state index < -0.39 is 5.91 Å². The van der Waals surface area contributed by atoms with Gasteiger partial charge in [-0.3, -0.25) is 9.59 Å². The van der Waals surface area contributed by atoms with Gasteiger partial charge in [0.25, 0.3) is 0 Å². The number of nitrogens with two attached hydrogens (primary N) is 1. The summed E-state index contributed by atoms with van der Waals surface area (Å²) in [5.74, 6) is -0.248. The first-order valence-electron chi connectivity index (χ1n) is 6.18. The summed E-state index contributed by atoms with van der Waals surface area (Å²) in [6.45, 7) is 0. The smallest absolute Gasteiger partial charge is 0.229 e. The highest BCUT2D eigenvalue weighted by atomic mass is 32.1. The molecule has 98 valence electrons. The molecule has 0 radical (unpaired) electrons. The minimum absolute atomic E-state index is 0.0506. The van der Waals surface area contributed by atoms with Crippen LogP contribution in [0.2, 0.25) is 0 Å². The molecule has 5 nitrogen and oxygen atoms in total. The third-order valence-corrected chi connectivity index (χ3v) is 3.92. The molecule has 0 atom stereocenters. The molecule has 3 N–H and O–H groups in total. The van der Waals surface area contributed by atoms with Gasteiger partial charge in [-0.05, 0) is 12.8 Å². The van der Waals surface area contributed by atoms with Crippen molar-refractivity contribution < 1.29 is 9.59 Å². The van der Waals surface area contributed by atoms with Crippen molar-refractivity contribution in [2.45, 2.75) is 38.5 Å². The summed E-state index contributed by atoms with van der Waals surface area (Å²) in [4.78, 5) is 26.9. The Kier molecular flexibility index (Phi) is 4.30. The largest absolute Gasteiger partial charge is 0.369 e. The molecule has 1 aliphatic carbocycles. The highest BCUT2D eigenvalue weighted by Gasteiger charge is 2.21. The zero-order valence-corrected chi connectivity index (χ0v) is 11.0. The lowest BCUT2D eigenvalue weighted by molar-refractivity contribution is -0.120. The predicted molar refractivity (Wildman–Crippen MR) is 70.2 cm³/mol. The molecule has 0 aromatic carbocycles. The minimum Gasteiger partial charge on any atom is -0.369 e. The van der Waals surface area contributed by atoms with E-state index in [0.717, 1.165) is 25.7 Å². The molecule has 0 unspecified atom stereocenters. The Morgan fingerprint density at radius 3 is 2.78 bits per heavy atom. The Balaban J connectivity index is 1.90. The van der Waals surface area contributed by atoms with E-state index in [9.17, 15) is 9.59 Å². The number of rotatable bonds is 4. The lowest BCUT2D eigenvalue weighted by atomic mass is 9.89. The molecule has 1 aromatic rings. The first-order chi connectivity index (χ1) is 8.65. The second-order valence-electron chi connectivity index (χ2n) is 4.61. The van der Waals surface area contributed by atoms with Crippen LogP contribution in [-0.2, 0) is 16.0 Å². The monoisotopic (exact) mass is 267 g/mol.